The normalized spacial score (nSPS) is 11.4. The molecule has 0 radical (unpaired) electrons. The van der Waals surface area contributed by atoms with Gasteiger partial charge in [-0.2, -0.15) is 4.98 Å². The van der Waals surface area contributed by atoms with Crippen LogP contribution in [-0.2, 0) is 13.0 Å². The van der Waals surface area contributed by atoms with E-state index in [1.165, 1.54) is 11.3 Å². The summed E-state index contributed by atoms with van der Waals surface area (Å²) in [5.74, 6) is 0.512. The molecule has 7 heteroatoms. The Kier molecular flexibility index (Phi) is 4.84. The molecule has 0 saturated carbocycles. The second-order valence-corrected chi connectivity index (χ2v) is 8.72. The topological polar surface area (TPSA) is 65.1 Å². The van der Waals surface area contributed by atoms with E-state index in [9.17, 15) is 9.59 Å². The zero-order valence-electron chi connectivity index (χ0n) is 15.7. The Morgan fingerprint density at radius 2 is 1.87 bits per heavy atom. The number of hydrogen-bond acceptors (Lipinski definition) is 5. The molecule has 0 saturated heterocycles. The standard InChI is InChI=1S/C23H15BrN2O3S/c24-15-8-9-17-16(13-15)20(27)19-22(29-17)25-21(18-7-4-12-30-18)26(23(19)28)11-10-14-5-2-1-3-6-14/h1-9,12-13H,10-11H2. The zero-order chi connectivity index (χ0) is 20.7. The van der Waals surface area contributed by atoms with Crippen LogP contribution in [-0.4, -0.2) is 9.55 Å². The molecule has 0 unspecified atom stereocenters. The number of aromatic nitrogens is 2. The van der Waals surface area contributed by atoms with Crippen LogP contribution in [0, 0.1) is 0 Å². The van der Waals surface area contributed by atoms with Gasteiger partial charge in [0.25, 0.3) is 5.56 Å². The molecule has 3 heterocycles. The van der Waals surface area contributed by atoms with E-state index in [-0.39, 0.29) is 22.1 Å². The van der Waals surface area contributed by atoms with E-state index < -0.39 is 0 Å². The number of fused-ring (bicyclic) bond motifs is 2. The fourth-order valence-electron chi connectivity index (χ4n) is 3.50. The highest BCUT2D eigenvalue weighted by atomic mass is 79.9. The van der Waals surface area contributed by atoms with Crippen LogP contribution < -0.4 is 11.0 Å². The van der Waals surface area contributed by atoms with Crippen LogP contribution in [0.15, 0.2) is 84.5 Å². The van der Waals surface area contributed by atoms with Crippen molar-refractivity contribution in [1.29, 1.82) is 0 Å². The summed E-state index contributed by atoms with van der Waals surface area (Å²) in [5, 5.41) is 2.27. The van der Waals surface area contributed by atoms with E-state index >= 15 is 0 Å². The van der Waals surface area contributed by atoms with Crippen molar-refractivity contribution < 1.29 is 4.42 Å². The van der Waals surface area contributed by atoms with Gasteiger partial charge in [-0.25, -0.2) is 0 Å². The number of thiophene rings is 1. The van der Waals surface area contributed by atoms with E-state index in [4.69, 9.17) is 4.42 Å². The Bertz CT molecular complexity index is 1490. The highest BCUT2D eigenvalue weighted by molar-refractivity contribution is 9.10. The minimum absolute atomic E-state index is 0.0195. The zero-order valence-corrected chi connectivity index (χ0v) is 18.1. The molecule has 0 aliphatic heterocycles. The first kappa shape index (κ1) is 19.0. The van der Waals surface area contributed by atoms with Crippen LogP contribution in [0.3, 0.4) is 0 Å². The molecule has 0 aliphatic rings. The molecule has 5 aromatic rings. The van der Waals surface area contributed by atoms with Crippen LogP contribution in [0.5, 0.6) is 0 Å². The lowest BCUT2D eigenvalue weighted by Crippen LogP contribution is -2.28. The van der Waals surface area contributed by atoms with E-state index in [1.807, 2.05) is 47.8 Å². The first-order valence-corrected chi connectivity index (χ1v) is 11.0. The molecule has 5 rings (SSSR count). The summed E-state index contributed by atoms with van der Waals surface area (Å²) in [4.78, 5) is 32.1. The summed E-state index contributed by atoms with van der Waals surface area (Å²) < 4.78 is 8.21. The van der Waals surface area contributed by atoms with Gasteiger partial charge < -0.3 is 4.42 Å². The maximum atomic E-state index is 13.5. The summed E-state index contributed by atoms with van der Waals surface area (Å²) in [6, 6.07) is 18.9. The van der Waals surface area contributed by atoms with Gasteiger partial charge in [0.05, 0.1) is 10.3 Å². The van der Waals surface area contributed by atoms with E-state index in [0.717, 1.165) is 14.9 Å². The summed E-state index contributed by atoms with van der Waals surface area (Å²) in [6.07, 6.45) is 0.650. The Hall–Kier alpha value is -3.03. The van der Waals surface area contributed by atoms with Crippen molar-refractivity contribution in [3.05, 3.63) is 96.7 Å². The lowest BCUT2D eigenvalue weighted by Gasteiger charge is -2.12. The molecule has 0 fully saturated rings. The lowest BCUT2D eigenvalue weighted by molar-refractivity contribution is 0.624. The number of halogens is 1. The first-order chi connectivity index (χ1) is 14.6. The summed E-state index contributed by atoms with van der Waals surface area (Å²) in [5.41, 5.74) is 0.836. The smallest absolute Gasteiger partial charge is 0.269 e. The van der Waals surface area contributed by atoms with Crippen molar-refractivity contribution in [3.63, 3.8) is 0 Å². The van der Waals surface area contributed by atoms with Crippen molar-refractivity contribution in [3.8, 4) is 10.7 Å². The van der Waals surface area contributed by atoms with Crippen molar-refractivity contribution >= 4 is 49.3 Å². The van der Waals surface area contributed by atoms with Gasteiger partial charge in [-0.1, -0.05) is 52.3 Å². The maximum Gasteiger partial charge on any atom is 0.269 e. The van der Waals surface area contributed by atoms with Crippen LogP contribution in [0.25, 0.3) is 32.8 Å². The number of benzene rings is 2. The van der Waals surface area contributed by atoms with Gasteiger partial charge in [0, 0.05) is 11.0 Å². The van der Waals surface area contributed by atoms with Gasteiger partial charge in [0.1, 0.15) is 5.58 Å². The monoisotopic (exact) mass is 478 g/mol. The van der Waals surface area contributed by atoms with Crippen molar-refractivity contribution in [2.45, 2.75) is 13.0 Å². The lowest BCUT2D eigenvalue weighted by atomic mass is 10.1. The number of nitrogens with zero attached hydrogens (tertiary/aromatic N) is 2. The average molecular weight is 479 g/mol. The minimum atomic E-state index is -0.380. The predicted molar refractivity (Wildman–Crippen MR) is 123 cm³/mol. The van der Waals surface area contributed by atoms with Crippen LogP contribution >= 0.6 is 27.3 Å². The molecule has 30 heavy (non-hydrogen) atoms. The molecule has 5 nitrogen and oxygen atoms in total. The summed E-state index contributed by atoms with van der Waals surface area (Å²) in [7, 11) is 0. The quantitative estimate of drug-likeness (QED) is 0.331. The van der Waals surface area contributed by atoms with Crippen LogP contribution in [0.1, 0.15) is 5.56 Å². The van der Waals surface area contributed by atoms with Crippen molar-refractivity contribution in [2.24, 2.45) is 0 Å². The first-order valence-electron chi connectivity index (χ1n) is 9.36. The van der Waals surface area contributed by atoms with E-state index in [0.29, 0.717) is 29.8 Å². The second-order valence-electron chi connectivity index (χ2n) is 6.86. The van der Waals surface area contributed by atoms with Crippen molar-refractivity contribution in [2.75, 3.05) is 0 Å². The van der Waals surface area contributed by atoms with Gasteiger partial charge in [0.2, 0.25) is 11.1 Å². The Morgan fingerprint density at radius 3 is 2.63 bits per heavy atom. The summed E-state index contributed by atoms with van der Waals surface area (Å²) in [6.45, 7) is 0.412. The number of rotatable bonds is 4. The molecule has 0 amide bonds. The van der Waals surface area contributed by atoms with Gasteiger partial charge in [-0.05, 0) is 41.6 Å². The molecule has 0 bridgehead atoms. The third-order valence-corrected chi connectivity index (χ3v) is 6.32. The second kappa shape index (κ2) is 7.66. The van der Waals surface area contributed by atoms with Crippen LogP contribution in [0.4, 0.5) is 0 Å². The highest BCUT2D eigenvalue weighted by Crippen LogP contribution is 2.25. The SMILES string of the molecule is O=c1c2cc(Br)ccc2oc2nc(-c3cccs3)n(CCc3ccccc3)c(=O)c12. The number of hydrogen-bond donors (Lipinski definition) is 0. The maximum absolute atomic E-state index is 13.5. The highest BCUT2D eigenvalue weighted by Gasteiger charge is 2.19. The molecular weight excluding hydrogens is 464 g/mol. The Labute approximate surface area is 183 Å². The third-order valence-electron chi connectivity index (χ3n) is 4.96. The Morgan fingerprint density at radius 1 is 1.03 bits per heavy atom. The molecule has 0 spiro atoms. The van der Waals surface area contributed by atoms with E-state index in [2.05, 4.69) is 20.9 Å². The fourth-order valence-corrected chi connectivity index (χ4v) is 4.58. The van der Waals surface area contributed by atoms with Crippen molar-refractivity contribution in [1.82, 2.24) is 9.55 Å². The molecule has 0 N–H and O–H groups in total. The third kappa shape index (κ3) is 3.30. The van der Waals surface area contributed by atoms with Gasteiger partial charge >= 0.3 is 0 Å². The predicted octanol–water partition coefficient (Wildman–Crippen LogP) is 5.24. The average Bonchev–Trinajstić information content (AvgIpc) is 3.29. The molecule has 0 aliphatic carbocycles. The van der Waals surface area contributed by atoms with Gasteiger partial charge in [0.15, 0.2) is 11.2 Å². The van der Waals surface area contributed by atoms with E-state index in [1.54, 1.807) is 22.8 Å². The molecule has 148 valence electrons. The molecule has 3 aromatic heterocycles. The Balaban J connectivity index is 1.77. The molecular formula is C23H15BrN2O3S. The minimum Gasteiger partial charge on any atom is -0.437 e. The summed E-state index contributed by atoms with van der Waals surface area (Å²) >= 11 is 4.86. The van der Waals surface area contributed by atoms with Gasteiger partial charge in [-0.15, -0.1) is 11.3 Å². The fraction of sp³-hybridized carbons (Fsp3) is 0.0870. The van der Waals surface area contributed by atoms with Crippen LogP contribution in [0.2, 0.25) is 0 Å². The van der Waals surface area contributed by atoms with Gasteiger partial charge in [-0.3, -0.25) is 14.2 Å². The number of aryl methyl sites for hydroxylation is 1. The largest absolute Gasteiger partial charge is 0.437 e. The molecule has 0 atom stereocenters. The molecule has 2 aromatic carbocycles.